The fraction of sp³-hybridized carbons (Fsp3) is 0.348. The zero-order valence-corrected chi connectivity index (χ0v) is 21.3. The van der Waals surface area contributed by atoms with E-state index in [-0.39, 0.29) is 31.9 Å². The maximum atomic E-state index is 12.7. The number of ether oxygens (including phenoxy) is 4. The van der Waals surface area contributed by atoms with Gasteiger partial charge in [-0.15, -0.1) is 0 Å². The van der Waals surface area contributed by atoms with Crippen LogP contribution in [-0.2, 0) is 32.2 Å². The molecular weight excluding hydrogens is 524 g/mol. The van der Waals surface area contributed by atoms with Crippen molar-refractivity contribution in [3.8, 4) is 17.6 Å². The Morgan fingerprint density at radius 3 is 2.66 bits per heavy atom. The van der Waals surface area contributed by atoms with E-state index in [1.807, 2.05) is 6.07 Å². The van der Waals surface area contributed by atoms with Crippen LogP contribution in [-0.4, -0.2) is 50.1 Å². The average molecular weight is 549 g/mol. The standard InChI is InChI=1S/C23H25BrN4O7/c1-5-34-21(30)13-35-19-8-15(6-7-18(19)33-4)10-26-27-20(29)11-28-14(2)22(24)17(12-32-3)16(9-25)23(28)31/h6-8,10H,5,11-13H2,1-4H3,(H,27,29)/b26-10-. The Kier molecular flexibility index (Phi) is 10.4. The molecule has 0 aliphatic heterocycles. The second-order valence-electron chi connectivity index (χ2n) is 6.99. The topological polar surface area (TPSA) is 141 Å². The van der Waals surface area contributed by atoms with E-state index < -0.39 is 17.4 Å². The van der Waals surface area contributed by atoms with Crippen LogP contribution in [0, 0.1) is 18.3 Å². The number of benzene rings is 1. The molecule has 11 nitrogen and oxygen atoms in total. The van der Waals surface area contributed by atoms with Gasteiger partial charge in [-0.3, -0.25) is 9.59 Å². The summed E-state index contributed by atoms with van der Waals surface area (Å²) >= 11 is 3.38. The van der Waals surface area contributed by atoms with Gasteiger partial charge in [0.15, 0.2) is 18.1 Å². The van der Waals surface area contributed by atoms with E-state index in [9.17, 15) is 19.6 Å². The van der Waals surface area contributed by atoms with Gasteiger partial charge in [0.05, 0.1) is 26.5 Å². The summed E-state index contributed by atoms with van der Waals surface area (Å²) in [5.74, 6) is -0.397. The van der Waals surface area contributed by atoms with Gasteiger partial charge in [0.1, 0.15) is 18.2 Å². The Morgan fingerprint density at radius 1 is 1.29 bits per heavy atom. The van der Waals surface area contributed by atoms with E-state index in [4.69, 9.17) is 18.9 Å². The summed E-state index contributed by atoms with van der Waals surface area (Å²) in [5, 5.41) is 13.3. The van der Waals surface area contributed by atoms with E-state index in [0.717, 1.165) is 0 Å². The molecule has 0 saturated carbocycles. The molecule has 1 heterocycles. The molecule has 2 aromatic rings. The van der Waals surface area contributed by atoms with Crippen LogP contribution in [0.25, 0.3) is 0 Å². The van der Waals surface area contributed by atoms with E-state index in [1.165, 1.54) is 25.0 Å². The molecular formula is C23H25BrN4O7. The number of hydrogen-bond acceptors (Lipinski definition) is 9. The third kappa shape index (κ3) is 7.14. The van der Waals surface area contributed by atoms with E-state index in [2.05, 4.69) is 26.5 Å². The number of amides is 1. The summed E-state index contributed by atoms with van der Waals surface area (Å²) < 4.78 is 22.3. The minimum Gasteiger partial charge on any atom is -0.493 e. The van der Waals surface area contributed by atoms with Crippen molar-refractivity contribution in [3.63, 3.8) is 0 Å². The zero-order chi connectivity index (χ0) is 26.0. The molecule has 12 heteroatoms. The number of carbonyl (C=O) groups is 2. The van der Waals surface area contributed by atoms with Crippen molar-refractivity contribution in [2.24, 2.45) is 5.10 Å². The SMILES string of the molecule is CCOC(=O)COc1cc(/C=N\NC(=O)Cn2c(C)c(Br)c(COC)c(C#N)c2=O)ccc1OC. The van der Waals surface area contributed by atoms with E-state index >= 15 is 0 Å². The summed E-state index contributed by atoms with van der Waals surface area (Å²) in [4.78, 5) is 36.7. The number of esters is 1. The molecule has 1 aromatic heterocycles. The predicted octanol–water partition coefficient (Wildman–Crippen LogP) is 2.04. The second-order valence-corrected chi connectivity index (χ2v) is 7.78. The van der Waals surface area contributed by atoms with Crippen molar-refractivity contribution < 1.29 is 28.5 Å². The highest BCUT2D eigenvalue weighted by Crippen LogP contribution is 2.27. The van der Waals surface area contributed by atoms with Crippen molar-refractivity contribution in [1.29, 1.82) is 5.26 Å². The number of rotatable bonds is 11. The number of halogens is 1. The molecule has 0 atom stereocenters. The summed E-state index contributed by atoms with van der Waals surface area (Å²) in [6.45, 7) is 3.02. The molecule has 186 valence electrons. The largest absolute Gasteiger partial charge is 0.493 e. The highest BCUT2D eigenvalue weighted by atomic mass is 79.9. The van der Waals surface area contributed by atoms with Crippen molar-refractivity contribution in [2.45, 2.75) is 27.0 Å². The zero-order valence-electron chi connectivity index (χ0n) is 19.7. The number of methoxy groups -OCH3 is 2. The highest BCUT2D eigenvalue weighted by molar-refractivity contribution is 9.10. The van der Waals surface area contributed by atoms with Gasteiger partial charge in [0, 0.05) is 22.8 Å². The Labute approximate surface area is 210 Å². The van der Waals surface area contributed by atoms with Gasteiger partial charge in [-0.05, 0) is 53.5 Å². The minimum absolute atomic E-state index is 0.0736. The van der Waals surface area contributed by atoms with Crippen LogP contribution in [0.1, 0.15) is 29.3 Å². The summed E-state index contributed by atoms with van der Waals surface area (Å²) in [5.41, 5.74) is 3.09. The van der Waals surface area contributed by atoms with Crippen molar-refractivity contribution in [1.82, 2.24) is 9.99 Å². The third-order valence-electron chi connectivity index (χ3n) is 4.69. The van der Waals surface area contributed by atoms with Crippen LogP contribution < -0.4 is 20.5 Å². The number of nitriles is 1. The average Bonchev–Trinajstić information content (AvgIpc) is 2.84. The molecule has 2 rings (SSSR count). The van der Waals surface area contributed by atoms with Crippen molar-refractivity contribution in [2.75, 3.05) is 27.4 Å². The van der Waals surface area contributed by atoms with E-state index in [0.29, 0.717) is 32.8 Å². The second kappa shape index (κ2) is 13.3. The number of aromatic nitrogens is 1. The number of hydrazone groups is 1. The Morgan fingerprint density at radius 2 is 2.03 bits per heavy atom. The molecule has 1 N–H and O–H groups in total. The first kappa shape index (κ1) is 27.6. The fourth-order valence-corrected chi connectivity index (χ4v) is 3.56. The molecule has 0 aliphatic carbocycles. The Balaban J connectivity index is 2.14. The molecule has 0 unspecified atom stereocenters. The van der Waals surface area contributed by atoms with Gasteiger partial charge < -0.3 is 23.5 Å². The van der Waals surface area contributed by atoms with Gasteiger partial charge in [-0.1, -0.05) is 0 Å². The van der Waals surface area contributed by atoms with Crippen LogP contribution in [0.4, 0.5) is 0 Å². The monoisotopic (exact) mass is 548 g/mol. The van der Waals surface area contributed by atoms with Gasteiger partial charge in [0.2, 0.25) is 0 Å². The van der Waals surface area contributed by atoms with E-state index in [1.54, 1.807) is 32.0 Å². The first-order chi connectivity index (χ1) is 16.8. The summed E-state index contributed by atoms with van der Waals surface area (Å²) in [7, 11) is 2.92. The van der Waals surface area contributed by atoms with Crippen LogP contribution in [0.15, 0.2) is 32.6 Å². The van der Waals surface area contributed by atoms with Crippen molar-refractivity contribution in [3.05, 3.63) is 55.4 Å². The Bertz CT molecular complexity index is 1220. The number of carbonyl (C=O) groups excluding carboxylic acids is 2. The molecule has 1 amide bonds. The summed E-state index contributed by atoms with van der Waals surface area (Å²) in [6, 6.07) is 6.75. The molecule has 35 heavy (non-hydrogen) atoms. The minimum atomic E-state index is -0.599. The van der Waals surface area contributed by atoms with Crippen LogP contribution in [0.2, 0.25) is 0 Å². The smallest absolute Gasteiger partial charge is 0.344 e. The van der Waals surface area contributed by atoms with Gasteiger partial charge in [-0.2, -0.15) is 10.4 Å². The number of hydrogen-bond donors (Lipinski definition) is 1. The van der Waals surface area contributed by atoms with Crippen LogP contribution in [0.5, 0.6) is 11.5 Å². The first-order valence-corrected chi connectivity index (χ1v) is 11.2. The maximum absolute atomic E-state index is 12.7. The Hall–Kier alpha value is -3.69. The lowest BCUT2D eigenvalue weighted by molar-refractivity contribution is -0.145. The van der Waals surface area contributed by atoms with Gasteiger partial charge in [0.25, 0.3) is 11.5 Å². The van der Waals surface area contributed by atoms with Gasteiger partial charge in [-0.25, -0.2) is 10.2 Å². The molecule has 1 aromatic carbocycles. The molecule has 0 saturated heterocycles. The highest BCUT2D eigenvalue weighted by Gasteiger charge is 2.19. The quantitative estimate of drug-likeness (QED) is 0.255. The normalized spacial score (nSPS) is 10.6. The molecule has 0 radical (unpaired) electrons. The van der Waals surface area contributed by atoms with Crippen LogP contribution >= 0.6 is 15.9 Å². The van der Waals surface area contributed by atoms with Crippen molar-refractivity contribution >= 4 is 34.0 Å². The molecule has 0 fully saturated rings. The lowest BCUT2D eigenvalue weighted by Gasteiger charge is -2.15. The number of nitrogens with one attached hydrogen (secondary N) is 1. The predicted molar refractivity (Wildman–Crippen MR) is 129 cm³/mol. The number of nitrogens with zero attached hydrogens (tertiary/aromatic N) is 3. The van der Waals surface area contributed by atoms with Crippen LogP contribution in [0.3, 0.4) is 0 Å². The molecule has 0 aliphatic rings. The maximum Gasteiger partial charge on any atom is 0.344 e. The number of pyridine rings is 1. The summed E-state index contributed by atoms with van der Waals surface area (Å²) in [6.07, 6.45) is 1.36. The van der Waals surface area contributed by atoms with Gasteiger partial charge >= 0.3 is 5.97 Å². The lowest BCUT2D eigenvalue weighted by atomic mass is 10.1. The molecule has 0 bridgehead atoms. The molecule has 0 spiro atoms. The third-order valence-corrected chi connectivity index (χ3v) is 5.74. The lowest BCUT2D eigenvalue weighted by Crippen LogP contribution is -2.33. The first-order valence-electron chi connectivity index (χ1n) is 10.4. The fourth-order valence-electron chi connectivity index (χ4n) is 3.03.